The van der Waals surface area contributed by atoms with Crippen molar-refractivity contribution in [3.8, 4) is 0 Å². The van der Waals surface area contributed by atoms with Gasteiger partial charge in [-0.25, -0.2) is 5.06 Å². The van der Waals surface area contributed by atoms with E-state index in [2.05, 4.69) is 27.6 Å². The Morgan fingerprint density at radius 3 is 2.76 bits per heavy atom. The van der Waals surface area contributed by atoms with Gasteiger partial charge in [-0.2, -0.15) is 9.89 Å². The Balaban J connectivity index is 1.55. The van der Waals surface area contributed by atoms with Gasteiger partial charge < -0.3 is 5.43 Å². The van der Waals surface area contributed by atoms with Gasteiger partial charge in [-0.3, -0.25) is 14.5 Å². The quantitative estimate of drug-likeness (QED) is 0.653. The highest BCUT2D eigenvalue weighted by Gasteiger charge is 2.34. The first-order chi connectivity index (χ1) is 14.2. The molecule has 1 aromatic heterocycles. The van der Waals surface area contributed by atoms with E-state index in [-0.39, 0.29) is 18.0 Å². The number of likely N-dealkylation sites (N-methyl/N-ethyl adjacent to an activating group) is 1. The Morgan fingerprint density at radius 2 is 1.97 bits per heavy atom. The van der Waals surface area contributed by atoms with Crippen molar-refractivity contribution in [2.45, 2.75) is 24.9 Å². The van der Waals surface area contributed by atoms with E-state index in [1.54, 1.807) is 7.05 Å². The maximum absolute atomic E-state index is 13.1. The number of likely N-dealkylation sites (tertiary alicyclic amines) is 1. The van der Waals surface area contributed by atoms with Gasteiger partial charge in [-0.15, -0.1) is 0 Å². The Bertz CT molecular complexity index is 958. The molecule has 0 bridgehead atoms. The largest absolute Gasteiger partial charge is 0.305 e. The third-order valence-corrected chi connectivity index (χ3v) is 5.53. The van der Waals surface area contributed by atoms with Crippen LogP contribution in [0.4, 0.5) is 0 Å². The number of hydrogen-bond acceptors (Lipinski definition) is 5. The van der Waals surface area contributed by atoms with Crippen LogP contribution in [0, 0.1) is 0 Å². The fourth-order valence-corrected chi connectivity index (χ4v) is 4.00. The van der Waals surface area contributed by atoms with Crippen LogP contribution in [0.25, 0.3) is 10.9 Å². The molecule has 1 amide bonds. The number of amides is 1. The first kappa shape index (κ1) is 19.4. The Kier molecular flexibility index (Phi) is 5.78. The fraction of sp³-hybridized carbons (Fsp3) is 0.364. The van der Waals surface area contributed by atoms with Crippen molar-refractivity contribution in [2.24, 2.45) is 0 Å². The summed E-state index contributed by atoms with van der Waals surface area (Å²) < 4.78 is 0. The number of rotatable bonds is 6. The lowest BCUT2D eigenvalue weighted by Crippen LogP contribution is -2.49. The van der Waals surface area contributed by atoms with Crippen LogP contribution in [0.3, 0.4) is 0 Å². The van der Waals surface area contributed by atoms with E-state index in [1.807, 2.05) is 53.5 Å². The van der Waals surface area contributed by atoms with Crippen LogP contribution >= 0.6 is 0 Å². The molecule has 0 aliphatic carbocycles. The summed E-state index contributed by atoms with van der Waals surface area (Å²) in [5, 5.41) is 6.90. The molecule has 0 saturated carbocycles. The first-order valence-electron chi connectivity index (χ1n) is 9.97. The molecule has 2 heterocycles. The average molecular weight is 393 g/mol. The van der Waals surface area contributed by atoms with Gasteiger partial charge >= 0.3 is 0 Å². The number of para-hydroxylation sites is 1. The van der Waals surface area contributed by atoms with Gasteiger partial charge in [-0.05, 0) is 31.0 Å². The molecule has 4 rings (SSSR count). The second kappa shape index (κ2) is 8.63. The molecular formula is C22H27N5O2. The van der Waals surface area contributed by atoms with Crippen molar-refractivity contribution < 1.29 is 9.63 Å². The van der Waals surface area contributed by atoms with Gasteiger partial charge in [0, 0.05) is 19.0 Å². The molecule has 1 N–H and O–H groups in total. The van der Waals surface area contributed by atoms with E-state index < -0.39 is 0 Å². The number of fused-ring (bicyclic) bond motifs is 1. The zero-order valence-electron chi connectivity index (χ0n) is 16.9. The highest BCUT2D eigenvalue weighted by atomic mass is 16.7. The Hall–Kier alpha value is -2.90. The van der Waals surface area contributed by atoms with E-state index in [1.165, 1.54) is 12.2 Å². The normalized spacial score (nSPS) is 18.5. The zero-order valence-corrected chi connectivity index (χ0v) is 16.9. The van der Waals surface area contributed by atoms with E-state index in [0.717, 1.165) is 42.4 Å². The highest BCUT2D eigenvalue weighted by molar-refractivity contribution is 5.82. The summed E-state index contributed by atoms with van der Waals surface area (Å²) in [6, 6.07) is 17.9. The Morgan fingerprint density at radius 1 is 1.21 bits per heavy atom. The standard InChI is InChI=1S/C22H27N5O2/c1-25(29-2)22(28)21(17-9-4-3-5-10-17)26-14-8-12-19(16-26)24-27-20-13-7-6-11-18(20)15-23-27/h3-7,9-11,13,15,19,21,24H,8,12,14,16H2,1-2H3. The van der Waals surface area contributed by atoms with Crippen LogP contribution in [0.2, 0.25) is 0 Å². The summed E-state index contributed by atoms with van der Waals surface area (Å²) in [6.07, 6.45) is 3.90. The SMILES string of the molecule is CON(C)C(=O)C(c1ccccc1)N1CCCC(Nn2ncc3ccccc32)C1. The number of hydroxylamine groups is 2. The molecule has 2 aromatic carbocycles. The predicted molar refractivity (Wildman–Crippen MR) is 113 cm³/mol. The molecular weight excluding hydrogens is 366 g/mol. The van der Waals surface area contributed by atoms with E-state index in [0.29, 0.717) is 0 Å². The number of nitrogens with zero attached hydrogens (tertiary/aromatic N) is 4. The van der Waals surface area contributed by atoms with Crippen LogP contribution in [0.1, 0.15) is 24.4 Å². The number of carbonyl (C=O) groups is 1. The molecule has 29 heavy (non-hydrogen) atoms. The van der Waals surface area contributed by atoms with Gasteiger partial charge in [0.05, 0.1) is 24.9 Å². The lowest BCUT2D eigenvalue weighted by Gasteiger charge is -2.39. The number of aromatic nitrogens is 2. The molecule has 152 valence electrons. The van der Waals surface area contributed by atoms with Crippen LogP contribution in [-0.2, 0) is 9.63 Å². The minimum Gasteiger partial charge on any atom is -0.305 e. The van der Waals surface area contributed by atoms with Crippen LogP contribution < -0.4 is 5.43 Å². The molecule has 1 fully saturated rings. The van der Waals surface area contributed by atoms with Crippen molar-refractivity contribution in [3.05, 3.63) is 66.4 Å². The van der Waals surface area contributed by atoms with Crippen molar-refractivity contribution in [3.63, 3.8) is 0 Å². The second-order valence-electron chi connectivity index (χ2n) is 7.41. The lowest BCUT2D eigenvalue weighted by atomic mass is 9.99. The number of hydrogen-bond donors (Lipinski definition) is 1. The van der Waals surface area contributed by atoms with Gasteiger partial charge in [0.1, 0.15) is 6.04 Å². The zero-order chi connectivity index (χ0) is 20.2. The molecule has 2 unspecified atom stereocenters. The molecule has 1 aliphatic heterocycles. The van der Waals surface area contributed by atoms with Gasteiger partial charge in [0.25, 0.3) is 5.91 Å². The summed E-state index contributed by atoms with van der Waals surface area (Å²) in [7, 11) is 3.18. The van der Waals surface area contributed by atoms with Gasteiger partial charge in [0.15, 0.2) is 0 Å². The topological polar surface area (TPSA) is 62.6 Å². The van der Waals surface area contributed by atoms with Crippen LogP contribution in [0.5, 0.6) is 0 Å². The molecule has 2 atom stereocenters. The lowest BCUT2D eigenvalue weighted by molar-refractivity contribution is -0.175. The molecule has 7 nitrogen and oxygen atoms in total. The minimum absolute atomic E-state index is 0.0658. The fourth-order valence-electron chi connectivity index (χ4n) is 4.00. The number of piperidine rings is 1. The molecule has 1 aliphatic rings. The monoisotopic (exact) mass is 393 g/mol. The molecule has 1 saturated heterocycles. The second-order valence-corrected chi connectivity index (χ2v) is 7.41. The number of benzene rings is 2. The van der Waals surface area contributed by atoms with Crippen LogP contribution in [0.15, 0.2) is 60.8 Å². The predicted octanol–water partition coefficient (Wildman–Crippen LogP) is 2.81. The van der Waals surface area contributed by atoms with Gasteiger partial charge in [-0.1, -0.05) is 48.5 Å². The summed E-state index contributed by atoms with van der Waals surface area (Å²) >= 11 is 0. The third-order valence-electron chi connectivity index (χ3n) is 5.53. The molecule has 0 radical (unpaired) electrons. The van der Waals surface area contributed by atoms with Crippen LogP contribution in [-0.4, -0.2) is 59.0 Å². The first-order valence-corrected chi connectivity index (χ1v) is 9.97. The van der Waals surface area contributed by atoms with Gasteiger partial charge in [0.2, 0.25) is 0 Å². The number of carbonyl (C=O) groups excluding carboxylic acids is 1. The molecule has 3 aromatic rings. The number of nitrogens with one attached hydrogen (secondary N) is 1. The third kappa shape index (κ3) is 4.11. The van der Waals surface area contributed by atoms with Crippen molar-refractivity contribution >= 4 is 16.8 Å². The van der Waals surface area contributed by atoms with Crippen molar-refractivity contribution in [1.82, 2.24) is 19.9 Å². The van der Waals surface area contributed by atoms with E-state index in [4.69, 9.17) is 4.84 Å². The summed E-state index contributed by atoms with van der Waals surface area (Å²) in [4.78, 5) is 22.4. The highest BCUT2D eigenvalue weighted by Crippen LogP contribution is 2.27. The minimum atomic E-state index is -0.375. The smallest absolute Gasteiger partial charge is 0.267 e. The summed E-state index contributed by atoms with van der Waals surface area (Å²) in [5.74, 6) is -0.0658. The molecule has 7 heteroatoms. The summed E-state index contributed by atoms with van der Waals surface area (Å²) in [6.45, 7) is 1.61. The van der Waals surface area contributed by atoms with E-state index >= 15 is 0 Å². The maximum Gasteiger partial charge on any atom is 0.267 e. The van der Waals surface area contributed by atoms with Crippen molar-refractivity contribution in [1.29, 1.82) is 0 Å². The Labute approximate surface area is 170 Å². The van der Waals surface area contributed by atoms with E-state index in [9.17, 15) is 4.79 Å². The van der Waals surface area contributed by atoms with Crippen molar-refractivity contribution in [2.75, 3.05) is 32.7 Å². The molecule has 0 spiro atoms. The summed E-state index contributed by atoms with van der Waals surface area (Å²) in [5.41, 5.74) is 5.56. The average Bonchev–Trinajstić information content (AvgIpc) is 3.17. The maximum atomic E-state index is 13.1.